The lowest BCUT2D eigenvalue weighted by atomic mass is 10.1. The second-order valence-corrected chi connectivity index (χ2v) is 5.21. The molecule has 0 aliphatic carbocycles. The topological polar surface area (TPSA) is 41.7 Å². The predicted molar refractivity (Wildman–Crippen MR) is 72.3 cm³/mol. The molecule has 0 bridgehead atoms. The van der Waals surface area contributed by atoms with Gasteiger partial charge in [0, 0.05) is 39.4 Å². The smallest absolute Gasteiger partial charge is 0.0462 e. The maximum atomic E-state index is 6.09. The normalized spacial score (nSPS) is 19.1. The lowest BCUT2D eigenvalue weighted by molar-refractivity contribution is 0.186. The number of ether oxygens (including phenoxy) is 1. The van der Waals surface area contributed by atoms with E-state index in [1.54, 1.807) is 7.11 Å². The van der Waals surface area contributed by atoms with Gasteiger partial charge >= 0.3 is 0 Å². The molecule has 0 radical (unpaired) electrons. The molecule has 1 rings (SSSR count). The van der Waals surface area contributed by atoms with Gasteiger partial charge in [0.05, 0.1) is 0 Å². The van der Waals surface area contributed by atoms with Gasteiger partial charge in [-0.1, -0.05) is 0 Å². The van der Waals surface area contributed by atoms with E-state index in [-0.39, 0.29) is 6.04 Å². The lowest BCUT2D eigenvalue weighted by Crippen LogP contribution is -2.39. The van der Waals surface area contributed by atoms with Gasteiger partial charge in [-0.2, -0.15) is 0 Å². The van der Waals surface area contributed by atoms with E-state index in [4.69, 9.17) is 10.5 Å². The maximum Gasteiger partial charge on any atom is 0.0462 e. The Morgan fingerprint density at radius 3 is 2.71 bits per heavy atom. The molecule has 102 valence electrons. The monoisotopic (exact) mass is 243 g/mol. The first-order chi connectivity index (χ1) is 8.22. The summed E-state index contributed by atoms with van der Waals surface area (Å²) in [5, 5.41) is 0. The number of nitrogens with zero attached hydrogens (tertiary/aromatic N) is 2. The van der Waals surface area contributed by atoms with Gasteiger partial charge in [-0.25, -0.2) is 0 Å². The van der Waals surface area contributed by atoms with Crippen molar-refractivity contribution >= 4 is 0 Å². The number of rotatable bonds is 9. The minimum Gasteiger partial charge on any atom is -0.385 e. The van der Waals surface area contributed by atoms with Crippen molar-refractivity contribution < 1.29 is 4.74 Å². The van der Waals surface area contributed by atoms with Crippen LogP contribution in [-0.4, -0.2) is 69.3 Å². The Kier molecular flexibility index (Phi) is 7.77. The van der Waals surface area contributed by atoms with Crippen molar-refractivity contribution in [3.05, 3.63) is 0 Å². The summed E-state index contributed by atoms with van der Waals surface area (Å²) >= 11 is 0. The highest BCUT2D eigenvalue weighted by molar-refractivity contribution is 4.70. The number of nitrogens with two attached hydrogens (primary N) is 1. The molecule has 0 aromatic rings. The van der Waals surface area contributed by atoms with Gasteiger partial charge in [0.1, 0.15) is 0 Å². The molecule has 1 heterocycles. The number of hydrogen-bond acceptors (Lipinski definition) is 4. The molecular formula is C13H29N3O. The minimum atomic E-state index is 0.286. The molecule has 1 unspecified atom stereocenters. The minimum absolute atomic E-state index is 0.286. The van der Waals surface area contributed by atoms with Crippen molar-refractivity contribution in [1.29, 1.82) is 0 Å². The summed E-state index contributed by atoms with van der Waals surface area (Å²) < 4.78 is 5.04. The first-order valence-electron chi connectivity index (χ1n) is 6.88. The van der Waals surface area contributed by atoms with Crippen molar-refractivity contribution in [2.24, 2.45) is 5.73 Å². The molecule has 0 amide bonds. The van der Waals surface area contributed by atoms with E-state index in [1.165, 1.54) is 32.5 Å². The van der Waals surface area contributed by atoms with Crippen molar-refractivity contribution in [3.8, 4) is 0 Å². The van der Waals surface area contributed by atoms with E-state index in [0.29, 0.717) is 0 Å². The summed E-state index contributed by atoms with van der Waals surface area (Å²) in [7, 11) is 3.92. The maximum absolute atomic E-state index is 6.09. The Hall–Kier alpha value is -0.160. The van der Waals surface area contributed by atoms with E-state index < -0.39 is 0 Å². The van der Waals surface area contributed by atoms with Crippen LogP contribution in [0.4, 0.5) is 0 Å². The van der Waals surface area contributed by atoms with Gasteiger partial charge in [0.25, 0.3) is 0 Å². The number of likely N-dealkylation sites (N-methyl/N-ethyl adjacent to an activating group) is 1. The molecule has 1 fully saturated rings. The van der Waals surface area contributed by atoms with E-state index in [1.807, 2.05) is 0 Å². The molecule has 2 N–H and O–H groups in total. The van der Waals surface area contributed by atoms with Crippen LogP contribution in [0, 0.1) is 0 Å². The fourth-order valence-corrected chi connectivity index (χ4v) is 2.39. The zero-order chi connectivity index (χ0) is 12.5. The lowest BCUT2D eigenvalue weighted by Gasteiger charge is -2.24. The third-order valence-corrected chi connectivity index (χ3v) is 3.47. The summed E-state index contributed by atoms with van der Waals surface area (Å²) in [5.74, 6) is 0. The number of methoxy groups -OCH3 is 1. The van der Waals surface area contributed by atoms with Crippen LogP contribution in [0.3, 0.4) is 0 Å². The Labute approximate surface area is 106 Å². The quantitative estimate of drug-likeness (QED) is 0.607. The second-order valence-electron chi connectivity index (χ2n) is 5.21. The van der Waals surface area contributed by atoms with E-state index in [0.717, 1.165) is 32.5 Å². The van der Waals surface area contributed by atoms with Crippen molar-refractivity contribution in [2.45, 2.75) is 31.7 Å². The van der Waals surface area contributed by atoms with Crippen LogP contribution in [0.25, 0.3) is 0 Å². The highest BCUT2D eigenvalue weighted by atomic mass is 16.5. The van der Waals surface area contributed by atoms with Gasteiger partial charge in [0.2, 0.25) is 0 Å². The van der Waals surface area contributed by atoms with Crippen LogP contribution in [0.2, 0.25) is 0 Å². The van der Waals surface area contributed by atoms with Crippen molar-refractivity contribution in [3.63, 3.8) is 0 Å². The van der Waals surface area contributed by atoms with E-state index >= 15 is 0 Å². The molecule has 4 nitrogen and oxygen atoms in total. The van der Waals surface area contributed by atoms with Crippen LogP contribution in [0.15, 0.2) is 0 Å². The molecule has 0 spiro atoms. The van der Waals surface area contributed by atoms with Crippen LogP contribution in [0.1, 0.15) is 25.7 Å². The van der Waals surface area contributed by atoms with Crippen LogP contribution < -0.4 is 5.73 Å². The largest absolute Gasteiger partial charge is 0.385 e. The third kappa shape index (κ3) is 6.99. The molecule has 17 heavy (non-hydrogen) atoms. The summed E-state index contributed by atoms with van der Waals surface area (Å²) in [5.41, 5.74) is 6.09. The summed E-state index contributed by atoms with van der Waals surface area (Å²) in [6.07, 6.45) is 4.88. The SMILES string of the molecule is COCCCC(N)CN(C)CCN1CCCC1. The summed E-state index contributed by atoms with van der Waals surface area (Å²) in [4.78, 5) is 4.91. The molecule has 1 saturated heterocycles. The molecular weight excluding hydrogens is 214 g/mol. The Morgan fingerprint density at radius 2 is 2.06 bits per heavy atom. The first kappa shape index (κ1) is 14.9. The van der Waals surface area contributed by atoms with Gasteiger partial charge in [-0.05, 0) is 45.8 Å². The van der Waals surface area contributed by atoms with Gasteiger partial charge in [-0.3, -0.25) is 0 Å². The summed E-state index contributed by atoms with van der Waals surface area (Å²) in [6, 6.07) is 0.286. The summed E-state index contributed by atoms with van der Waals surface area (Å²) in [6.45, 7) is 6.73. The Morgan fingerprint density at radius 1 is 1.35 bits per heavy atom. The molecule has 0 saturated carbocycles. The zero-order valence-electron chi connectivity index (χ0n) is 11.5. The van der Waals surface area contributed by atoms with E-state index in [2.05, 4.69) is 16.8 Å². The predicted octanol–water partition coefficient (Wildman–Crippen LogP) is 0.768. The van der Waals surface area contributed by atoms with Crippen molar-refractivity contribution in [1.82, 2.24) is 9.80 Å². The zero-order valence-corrected chi connectivity index (χ0v) is 11.5. The Bertz CT molecular complexity index is 184. The average molecular weight is 243 g/mol. The molecule has 0 aromatic carbocycles. The average Bonchev–Trinajstić information content (AvgIpc) is 2.79. The van der Waals surface area contributed by atoms with Gasteiger partial charge < -0.3 is 20.3 Å². The second kappa shape index (κ2) is 8.86. The van der Waals surface area contributed by atoms with Crippen LogP contribution in [-0.2, 0) is 4.74 Å². The van der Waals surface area contributed by atoms with Gasteiger partial charge in [0.15, 0.2) is 0 Å². The van der Waals surface area contributed by atoms with Gasteiger partial charge in [-0.15, -0.1) is 0 Å². The molecule has 1 atom stereocenters. The molecule has 1 aliphatic rings. The number of hydrogen-bond donors (Lipinski definition) is 1. The first-order valence-corrected chi connectivity index (χ1v) is 6.88. The highest BCUT2D eigenvalue weighted by Crippen LogP contribution is 2.06. The third-order valence-electron chi connectivity index (χ3n) is 3.47. The molecule has 1 aliphatic heterocycles. The molecule has 4 heteroatoms. The number of likely N-dealkylation sites (tertiary alicyclic amines) is 1. The standard InChI is InChI=1S/C13H29N3O/c1-15(9-10-16-7-3-4-8-16)12-13(14)6-5-11-17-2/h13H,3-12,14H2,1-2H3. The highest BCUT2D eigenvalue weighted by Gasteiger charge is 2.12. The van der Waals surface area contributed by atoms with E-state index in [9.17, 15) is 0 Å². The fourth-order valence-electron chi connectivity index (χ4n) is 2.39. The van der Waals surface area contributed by atoms with Crippen molar-refractivity contribution in [2.75, 3.05) is 53.5 Å². The Balaban J connectivity index is 2.00. The fraction of sp³-hybridized carbons (Fsp3) is 1.00. The van der Waals surface area contributed by atoms with Crippen LogP contribution in [0.5, 0.6) is 0 Å². The molecule has 0 aromatic heterocycles. The van der Waals surface area contributed by atoms with Crippen LogP contribution >= 0.6 is 0 Å².